The van der Waals surface area contributed by atoms with Crippen LogP contribution in [0.4, 0.5) is 0 Å². The topological polar surface area (TPSA) is 49.7 Å². The highest BCUT2D eigenvalue weighted by Gasteiger charge is 2.22. The molecular weight excluding hydrogens is 299 g/mol. The van der Waals surface area contributed by atoms with Gasteiger partial charge in [0.05, 0.1) is 24.3 Å². The Labute approximate surface area is 130 Å². The number of halogens is 2. The van der Waals surface area contributed by atoms with E-state index in [1.54, 1.807) is 19.2 Å². The Balaban J connectivity index is 2.89. The molecule has 0 fully saturated rings. The zero-order valence-electron chi connectivity index (χ0n) is 12.1. The molecule has 0 amide bonds. The van der Waals surface area contributed by atoms with Crippen LogP contribution < -0.4 is 4.74 Å². The van der Waals surface area contributed by atoms with Crippen molar-refractivity contribution >= 4 is 23.2 Å². The van der Waals surface area contributed by atoms with Crippen LogP contribution in [0.1, 0.15) is 44.6 Å². The van der Waals surface area contributed by atoms with E-state index >= 15 is 0 Å². The predicted octanol–water partition coefficient (Wildman–Crippen LogP) is 4.02. The number of methoxy groups -OCH3 is 1. The molecule has 2 N–H and O–H groups in total. The minimum Gasteiger partial charge on any atom is -0.495 e. The lowest BCUT2D eigenvalue weighted by Gasteiger charge is -2.23. The second-order valence-electron chi connectivity index (χ2n) is 5.07. The van der Waals surface area contributed by atoms with Crippen molar-refractivity contribution in [3.8, 4) is 5.75 Å². The van der Waals surface area contributed by atoms with Gasteiger partial charge in [-0.3, -0.25) is 0 Å². The Morgan fingerprint density at radius 3 is 2.40 bits per heavy atom. The molecule has 0 aromatic heterocycles. The molecule has 0 saturated carbocycles. The number of aliphatic hydroxyl groups is 2. The van der Waals surface area contributed by atoms with Crippen molar-refractivity contribution in [3.63, 3.8) is 0 Å². The number of hydrogen-bond donors (Lipinski definition) is 2. The van der Waals surface area contributed by atoms with Gasteiger partial charge in [0.25, 0.3) is 0 Å². The molecule has 20 heavy (non-hydrogen) atoms. The first-order valence-corrected chi connectivity index (χ1v) is 7.55. The van der Waals surface area contributed by atoms with Gasteiger partial charge in [-0.15, -0.1) is 0 Å². The van der Waals surface area contributed by atoms with E-state index in [0.717, 1.165) is 12.0 Å². The average Bonchev–Trinajstić information content (AvgIpc) is 2.37. The van der Waals surface area contributed by atoms with Gasteiger partial charge in [0, 0.05) is 10.6 Å². The van der Waals surface area contributed by atoms with E-state index in [9.17, 15) is 10.2 Å². The van der Waals surface area contributed by atoms with E-state index in [2.05, 4.69) is 0 Å². The Morgan fingerprint density at radius 2 is 1.85 bits per heavy atom. The lowest BCUT2D eigenvalue weighted by atomic mass is 9.91. The maximum absolute atomic E-state index is 10.0. The molecule has 0 spiro atoms. The van der Waals surface area contributed by atoms with Gasteiger partial charge in [-0.05, 0) is 30.9 Å². The molecule has 1 rings (SSSR count). The van der Waals surface area contributed by atoms with Crippen molar-refractivity contribution in [3.05, 3.63) is 27.7 Å². The van der Waals surface area contributed by atoms with Gasteiger partial charge >= 0.3 is 0 Å². The van der Waals surface area contributed by atoms with Gasteiger partial charge in [0.15, 0.2) is 0 Å². The monoisotopic (exact) mass is 320 g/mol. The molecule has 1 aromatic carbocycles. The molecule has 0 bridgehead atoms. The number of aliphatic hydroxyl groups excluding tert-OH is 2. The molecule has 0 aliphatic carbocycles. The van der Waals surface area contributed by atoms with Crippen LogP contribution in [-0.4, -0.2) is 29.5 Å². The molecule has 3 atom stereocenters. The van der Waals surface area contributed by atoms with E-state index in [4.69, 9.17) is 27.9 Å². The smallest absolute Gasteiger partial charge is 0.141 e. The van der Waals surface area contributed by atoms with E-state index in [0.29, 0.717) is 28.6 Å². The molecule has 1 aromatic rings. The zero-order chi connectivity index (χ0) is 15.3. The molecule has 0 aliphatic heterocycles. The van der Waals surface area contributed by atoms with Gasteiger partial charge in [0.2, 0.25) is 0 Å². The standard InChI is InChI=1S/C15H22Cl2O3/c1-4-5-13(18)14(19)6-9(2)11-7-10(16)8-12(17)15(11)20-3/h7-9,13-14,18-19H,4-6H2,1-3H3. The first kappa shape index (κ1) is 17.6. The lowest BCUT2D eigenvalue weighted by molar-refractivity contribution is 0.00628. The van der Waals surface area contributed by atoms with Crippen LogP contribution in [0.25, 0.3) is 0 Å². The van der Waals surface area contributed by atoms with E-state index < -0.39 is 12.2 Å². The first-order valence-electron chi connectivity index (χ1n) is 6.79. The van der Waals surface area contributed by atoms with E-state index in [1.807, 2.05) is 13.8 Å². The fourth-order valence-electron chi connectivity index (χ4n) is 2.30. The summed E-state index contributed by atoms with van der Waals surface area (Å²) in [5, 5.41) is 20.8. The third-order valence-electron chi connectivity index (χ3n) is 3.40. The van der Waals surface area contributed by atoms with Crippen LogP contribution in [0, 0.1) is 0 Å². The van der Waals surface area contributed by atoms with E-state index in [-0.39, 0.29) is 5.92 Å². The SMILES string of the molecule is CCCC(O)C(O)CC(C)c1cc(Cl)cc(Cl)c1OC. The highest BCUT2D eigenvalue weighted by Crippen LogP contribution is 2.38. The summed E-state index contributed by atoms with van der Waals surface area (Å²) < 4.78 is 5.31. The van der Waals surface area contributed by atoms with Gasteiger partial charge < -0.3 is 14.9 Å². The second kappa shape index (κ2) is 8.08. The largest absolute Gasteiger partial charge is 0.495 e. The summed E-state index contributed by atoms with van der Waals surface area (Å²) in [7, 11) is 1.55. The molecule has 0 saturated heterocycles. The summed E-state index contributed by atoms with van der Waals surface area (Å²) in [6, 6.07) is 3.41. The summed E-state index contributed by atoms with van der Waals surface area (Å²) in [4.78, 5) is 0. The molecule has 0 aliphatic rings. The summed E-state index contributed by atoms with van der Waals surface area (Å²) in [6.45, 7) is 3.92. The molecule has 3 nitrogen and oxygen atoms in total. The van der Waals surface area contributed by atoms with Crippen LogP contribution in [0.5, 0.6) is 5.75 Å². The van der Waals surface area contributed by atoms with Crippen LogP contribution >= 0.6 is 23.2 Å². The van der Waals surface area contributed by atoms with Gasteiger partial charge in [-0.1, -0.05) is 43.5 Å². The number of benzene rings is 1. The lowest BCUT2D eigenvalue weighted by Crippen LogP contribution is -2.27. The Hall–Kier alpha value is -0.480. The third kappa shape index (κ3) is 4.52. The van der Waals surface area contributed by atoms with Crippen molar-refractivity contribution in [1.82, 2.24) is 0 Å². The number of ether oxygens (including phenoxy) is 1. The van der Waals surface area contributed by atoms with Crippen LogP contribution in [0.15, 0.2) is 12.1 Å². The second-order valence-corrected chi connectivity index (χ2v) is 5.91. The zero-order valence-corrected chi connectivity index (χ0v) is 13.6. The van der Waals surface area contributed by atoms with Crippen molar-refractivity contribution in [2.45, 2.75) is 51.2 Å². The highest BCUT2D eigenvalue weighted by atomic mass is 35.5. The first-order chi connectivity index (χ1) is 9.40. The fourth-order valence-corrected chi connectivity index (χ4v) is 2.88. The Kier molecular flexibility index (Phi) is 7.10. The highest BCUT2D eigenvalue weighted by molar-refractivity contribution is 6.35. The quantitative estimate of drug-likeness (QED) is 0.797. The van der Waals surface area contributed by atoms with Crippen LogP contribution in [-0.2, 0) is 0 Å². The van der Waals surface area contributed by atoms with Gasteiger partial charge in [-0.25, -0.2) is 0 Å². The normalized spacial score (nSPS) is 15.8. The summed E-state index contributed by atoms with van der Waals surface area (Å²) in [5.41, 5.74) is 0.841. The molecule has 3 unspecified atom stereocenters. The maximum atomic E-state index is 10.0. The summed E-state index contributed by atoms with van der Waals surface area (Å²) in [6.07, 6.45) is 0.365. The number of hydrogen-bond acceptors (Lipinski definition) is 3. The Morgan fingerprint density at radius 1 is 1.20 bits per heavy atom. The molecule has 5 heteroatoms. The Bertz CT molecular complexity index is 437. The third-order valence-corrected chi connectivity index (χ3v) is 3.89. The van der Waals surface area contributed by atoms with Crippen molar-refractivity contribution in [2.24, 2.45) is 0 Å². The molecule has 0 radical (unpaired) electrons. The van der Waals surface area contributed by atoms with Crippen LogP contribution in [0.3, 0.4) is 0 Å². The molecule has 0 heterocycles. The summed E-state index contributed by atoms with van der Waals surface area (Å²) in [5.74, 6) is 0.545. The molecule has 114 valence electrons. The maximum Gasteiger partial charge on any atom is 0.141 e. The summed E-state index contributed by atoms with van der Waals surface area (Å²) >= 11 is 12.1. The minimum atomic E-state index is -0.771. The minimum absolute atomic E-state index is 0.0253. The van der Waals surface area contributed by atoms with Gasteiger partial charge in [-0.2, -0.15) is 0 Å². The number of rotatable bonds is 7. The van der Waals surface area contributed by atoms with Crippen molar-refractivity contribution < 1.29 is 14.9 Å². The molecular formula is C15H22Cl2O3. The average molecular weight is 321 g/mol. The fraction of sp³-hybridized carbons (Fsp3) is 0.600. The van der Waals surface area contributed by atoms with Crippen molar-refractivity contribution in [1.29, 1.82) is 0 Å². The van der Waals surface area contributed by atoms with Crippen molar-refractivity contribution in [2.75, 3.05) is 7.11 Å². The van der Waals surface area contributed by atoms with E-state index in [1.165, 1.54) is 0 Å². The van der Waals surface area contributed by atoms with Gasteiger partial charge in [0.1, 0.15) is 5.75 Å². The predicted molar refractivity (Wildman–Crippen MR) is 83.0 cm³/mol. The van der Waals surface area contributed by atoms with Crippen LogP contribution in [0.2, 0.25) is 10.0 Å².